The van der Waals surface area contributed by atoms with Gasteiger partial charge in [0.1, 0.15) is 11.8 Å². The zero-order valence-corrected chi connectivity index (χ0v) is 24.8. The minimum Gasteiger partial charge on any atom is -0.325 e. The molecule has 0 bridgehead atoms. The second-order valence-electron chi connectivity index (χ2n) is 9.12. The highest BCUT2D eigenvalue weighted by Crippen LogP contribution is 2.54. The predicted octanol–water partition coefficient (Wildman–Crippen LogP) is 5.87. The number of benzene rings is 3. The van der Waals surface area contributed by atoms with Crippen LogP contribution in [0.5, 0.6) is 0 Å². The van der Waals surface area contributed by atoms with Crippen molar-refractivity contribution in [1.82, 2.24) is 4.57 Å². The number of fused-ring (bicyclic) bond motifs is 2. The molecule has 0 radical (unpaired) electrons. The van der Waals surface area contributed by atoms with Gasteiger partial charge in [-0.1, -0.05) is 85.3 Å². The summed E-state index contributed by atoms with van der Waals surface area (Å²) in [6.07, 6.45) is 0. The predicted molar refractivity (Wildman–Crippen MR) is 159 cm³/mol. The van der Waals surface area contributed by atoms with E-state index < -0.39 is 17.1 Å². The molecule has 0 aliphatic carbocycles. The summed E-state index contributed by atoms with van der Waals surface area (Å²) in [7, 11) is 0. The number of hydrogen-bond acceptors (Lipinski definition) is 6. The number of thiazole rings is 1. The Morgan fingerprint density at radius 2 is 1.49 bits per heavy atom. The average Bonchev–Trinajstić information content (AvgIpc) is 3.36. The number of hydrogen-bond donors (Lipinski definition) is 1. The molecule has 0 spiro atoms. The molecule has 1 saturated heterocycles. The molecule has 0 unspecified atom stereocenters. The van der Waals surface area contributed by atoms with E-state index in [1.165, 1.54) is 21.2 Å². The molecule has 1 aromatic heterocycles. The number of carbonyl (C=O) groups is 3. The van der Waals surface area contributed by atoms with Crippen LogP contribution in [-0.2, 0) is 20.9 Å². The number of carbonyl (C=O) groups excluding carboxylic acids is 3. The summed E-state index contributed by atoms with van der Waals surface area (Å²) in [6, 6.07) is 23.6. The van der Waals surface area contributed by atoms with Crippen molar-refractivity contribution in [3.05, 3.63) is 108 Å². The van der Waals surface area contributed by atoms with Crippen molar-refractivity contribution < 1.29 is 14.4 Å². The van der Waals surface area contributed by atoms with Gasteiger partial charge in [-0.2, -0.15) is 0 Å². The number of thioether (sulfide) groups is 1. The van der Waals surface area contributed by atoms with Crippen LogP contribution in [0.25, 0.3) is 0 Å². The zero-order chi connectivity index (χ0) is 27.3. The third-order valence-corrected chi connectivity index (χ3v) is 10.4. The molecule has 0 saturated carbocycles. The summed E-state index contributed by atoms with van der Waals surface area (Å²) >= 11 is 9.09. The van der Waals surface area contributed by atoms with Gasteiger partial charge >= 0.3 is 4.87 Å². The molecule has 11 heteroatoms. The molecule has 1 fully saturated rings. The second kappa shape index (κ2) is 10.5. The summed E-state index contributed by atoms with van der Waals surface area (Å²) in [5, 5.41) is 2.64. The van der Waals surface area contributed by atoms with Gasteiger partial charge in [-0.25, -0.2) is 4.90 Å². The van der Waals surface area contributed by atoms with Crippen molar-refractivity contribution in [2.45, 2.75) is 22.7 Å². The molecule has 4 aromatic rings. The van der Waals surface area contributed by atoms with E-state index in [1.54, 1.807) is 36.4 Å². The van der Waals surface area contributed by atoms with Crippen molar-refractivity contribution in [1.29, 1.82) is 0 Å². The lowest BCUT2D eigenvalue weighted by molar-refractivity contribution is -0.122. The first-order valence-corrected chi connectivity index (χ1v) is 15.2. The third-order valence-electron chi connectivity index (χ3n) is 6.72. The molecule has 3 amide bonds. The lowest BCUT2D eigenvalue weighted by atomic mass is 9.83. The summed E-state index contributed by atoms with van der Waals surface area (Å²) in [4.78, 5) is 55.4. The number of rotatable bonds is 5. The largest absolute Gasteiger partial charge is 0.325 e. The van der Waals surface area contributed by atoms with Crippen LogP contribution in [0, 0.1) is 5.92 Å². The highest BCUT2D eigenvalue weighted by Gasteiger charge is 2.56. The van der Waals surface area contributed by atoms with Gasteiger partial charge in [0.15, 0.2) is 0 Å². The monoisotopic (exact) mass is 683 g/mol. The highest BCUT2D eigenvalue weighted by atomic mass is 79.9. The standard InChI is InChI=1S/C28H19Br2N3O4S2/c29-16-8-6-15(7-9-16)21-22-23(26(36)33(25(22)35)19-12-10-17(30)11-13-19)38-27-24(21)39-28(37)32(27)14-20(34)31-18-4-2-1-3-5-18/h1-13,21-23H,14H2,(H,31,34)/t21-,22-,23+/m0/s1. The summed E-state index contributed by atoms with van der Waals surface area (Å²) in [5.41, 5.74) is 1.96. The van der Waals surface area contributed by atoms with Crippen molar-refractivity contribution >= 4 is 84.1 Å². The Bertz CT molecular complexity index is 1650. The molecule has 3 heterocycles. The number of nitrogens with one attached hydrogen (secondary N) is 1. The van der Waals surface area contributed by atoms with Crippen molar-refractivity contribution in [2.24, 2.45) is 5.92 Å². The van der Waals surface area contributed by atoms with Crippen molar-refractivity contribution in [3.63, 3.8) is 0 Å². The number of anilines is 2. The molecule has 3 aromatic carbocycles. The normalized spacial score (nSPS) is 20.1. The third kappa shape index (κ3) is 4.82. The molecule has 1 N–H and O–H groups in total. The van der Waals surface area contributed by atoms with Crippen LogP contribution >= 0.6 is 55.0 Å². The van der Waals surface area contributed by atoms with Gasteiger partial charge in [-0.05, 0) is 54.1 Å². The Morgan fingerprint density at radius 3 is 2.15 bits per heavy atom. The molecule has 6 rings (SSSR count). The SMILES string of the molecule is O=C(Cn1c2c(sc1=O)[C@@H](c1ccc(Br)cc1)[C@@H]1C(=O)N(c3ccc(Br)cc3)C(=O)[C@@H]1S2)Nc1ccccc1. The maximum atomic E-state index is 13.9. The second-order valence-corrected chi connectivity index (χ2v) is 13.1. The quantitative estimate of drug-likeness (QED) is 0.266. The fraction of sp³-hybridized carbons (Fsp3) is 0.143. The van der Waals surface area contributed by atoms with E-state index in [-0.39, 0.29) is 29.1 Å². The van der Waals surface area contributed by atoms with Gasteiger partial charge in [-0.3, -0.25) is 23.7 Å². The summed E-state index contributed by atoms with van der Waals surface area (Å²) < 4.78 is 3.14. The molecular formula is C28H19Br2N3O4S2. The minimum atomic E-state index is -0.736. The van der Waals surface area contributed by atoms with Gasteiger partial charge in [0.2, 0.25) is 17.7 Å². The Balaban J connectivity index is 1.42. The number of imide groups is 1. The molecule has 2 aliphatic heterocycles. The van der Waals surface area contributed by atoms with Crippen LogP contribution in [0.1, 0.15) is 16.4 Å². The van der Waals surface area contributed by atoms with Crippen LogP contribution in [0.2, 0.25) is 0 Å². The van der Waals surface area contributed by atoms with E-state index >= 15 is 0 Å². The van der Waals surface area contributed by atoms with Crippen molar-refractivity contribution in [2.75, 3.05) is 10.2 Å². The van der Waals surface area contributed by atoms with E-state index in [2.05, 4.69) is 37.2 Å². The lowest BCUT2D eigenvalue weighted by Gasteiger charge is -2.30. The Morgan fingerprint density at radius 1 is 0.846 bits per heavy atom. The fourth-order valence-corrected chi connectivity index (χ4v) is 8.30. The first-order chi connectivity index (χ1) is 18.8. The maximum absolute atomic E-state index is 13.9. The Kier molecular flexibility index (Phi) is 7.09. The average molecular weight is 685 g/mol. The minimum absolute atomic E-state index is 0.199. The molecule has 7 nitrogen and oxygen atoms in total. The van der Waals surface area contributed by atoms with Crippen LogP contribution in [0.15, 0.2) is 97.6 Å². The first kappa shape index (κ1) is 26.2. The molecule has 39 heavy (non-hydrogen) atoms. The zero-order valence-electron chi connectivity index (χ0n) is 20.0. The van der Waals surface area contributed by atoms with E-state index in [4.69, 9.17) is 0 Å². The van der Waals surface area contributed by atoms with Crippen LogP contribution < -0.4 is 15.1 Å². The maximum Gasteiger partial charge on any atom is 0.308 e. The summed E-state index contributed by atoms with van der Waals surface area (Å²) in [5.74, 6) is -2.18. The molecular weight excluding hydrogens is 666 g/mol. The fourth-order valence-electron chi connectivity index (χ4n) is 4.99. The molecule has 2 aliphatic rings. The van der Waals surface area contributed by atoms with Gasteiger partial charge in [0, 0.05) is 25.4 Å². The van der Waals surface area contributed by atoms with Crippen LogP contribution in [0.3, 0.4) is 0 Å². The number of nitrogens with zero attached hydrogens (tertiary/aromatic N) is 2. The van der Waals surface area contributed by atoms with Gasteiger partial charge in [-0.15, -0.1) is 0 Å². The Hall–Kier alpha value is -2.99. The number of amides is 3. The summed E-state index contributed by atoms with van der Waals surface area (Å²) in [6.45, 7) is -0.199. The van der Waals surface area contributed by atoms with Gasteiger partial charge < -0.3 is 5.32 Å². The van der Waals surface area contributed by atoms with E-state index in [0.717, 1.165) is 25.8 Å². The van der Waals surface area contributed by atoms with Gasteiger partial charge in [0.25, 0.3) is 0 Å². The smallest absolute Gasteiger partial charge is 0.308 e. The first-order valence-electron chi connectivity index (χ1n) is 12.0. The number of halogens is 2. The molecule has 3 atom stereocenters. The van der Waals surface area contributed by atoms with Crippen LogP contribution in [-0.4, -0.2) is 27.5 Å². The molecule has 196 valence electrons. The van der Waals surface area contributed by atoms with E-state index in [0.29, 0.717) is 21.3 Å². The number of para-hydroxylation sites is 1. The van der Waals surface area contributed by atoms with Crippen LogP contribution in [0.4, 0.5) is 11.4 Å². The van der Waals surface area contributed by atoms with E-state index in [9.17, 15) is 19.2 Å². The van der Waals surface area contributed by atoms with Gasteiger partial charge in [0.05, 0.1) is 16.6 Å². The van der Waals surface area contributed by atoms with E-state index in [1.807, 2.05) is 42.5 Å². The lowest BCUT2D eigenvalue weighted by Crippen LogP contribution is -2.33. The Labute approximate surface area is 248 Å². The number of aromatic nitrogens is 1. The topological polar surface area (TPSA) is 88.5 Å². The van der Waals surface area contributed by atoms with Crippen molar-refractivity contribution in [3.8, 4) is 0 Å². The highest BCUT2D eigenvalue weighted by molar-refractivity contribution is 9.10.